The first-order valence-corrected chi connectivity index (χ1v) is 10.5. The summed E-state index contributed by atoms with van der Waals surface area (Å²) in [5.41, 5.74) is 2.92. The Morgan fingerprint density at radius 3 is 2.33 bits per heavy atom. The minimum atomic E-state index is -0.821. The van der Waals surface area contributed by atoms with E-state index in [2.05, 4.69) is 4.98 Å². The molecule has 0 radical (unpaired) electrons. The van der Waals surface area contributed by atoms with Gasteiger partial charge in [0.1, 0.15) is 11.6 Å². The first-order chi connectivity index (χ1) is 15.8. The van der Waals surface area contributed by atoms with Crippen LogP contribution in [0.2, 0.25) is 0 Å². The quantitative estimate of drug-likeness (QED) is 0.362. The molecule has 1 fully saturated rings. The van der Waals surface area contributed by atoms with Crippen molar-refractivity contribution in [3.63, 3.8) is 0 Å². The van der Waals surface area contributed by atoms with Crippen LogP contribution in [0.5, 0.6) is 0 Å². The third kappa shape index (κ3) is 4.22. The van der Waals surface area contributed by atoms with E-state index in [1.165, 1.54) is 23.1 Å². The molecule has 1 unspecified atom stereocenters. The largest absolute Gasteiger partial charge is 0.507 e. The van der Waals surface area contributed by atoms with E-state index in [-0.39, 0.29) is 17.7 Å². The highest BCUT2D eigenvalue weighted by Gasteiger charge is 2.46. The predicted octanol–water partition coefficient (Wildman–Crippen LogP) is 4.22. The highest BCUT2D eigenvalue weighted by molar-refractivity contribution is 6.46. The van der Waals surface area contributed by atoms with Crippen molar-refractivity contribution in [1.29, 1.82) is 0 Å². The Hall–Kier alpha value is -4.00. The van der Waals surface area contributed by atoms with Gasteiger partial charge in [0.15, 0.2) is 0 Å². The van der Waals surface area contributed by atoms with Gasteiger partial charge in [-0.25, -0.2) is 4.39 Å². The van der Waals surface area contributed by atoms with Crippen LogP contribution in [0.15, 0.2) is 72.6 Å². The van der Waals surface area contributed by atoms with Gasteiger partial charge in [-0.1, -0.05) is 24.3 Å². The number of carbonyl (C=O) groups is 2. The number of hydrogen-bond donors (Lipinski definition) is 1. The second-order valence-corrected chi connectivity index (χ2v) is 8.23. The molecule has 1 saturated heterocycles. The van der Waals surface area contributed by atoms with Crippen molar-refractivity contribution >= 4 is 23.1 Å². The van der Waals surface area contributed by atoms with Gasteiger partial charge in [-0.05, 0) is 53.9 Å². The monoisotopic (exact) mass is 445 g/mol. The lowest BCUT2D eigenvalue weighted by atomic mass is 9.94. The van der Waals surface area contributed by atoms with E-state index in [1.807, 2.05) is 43.3 Å². The number of hydrogen-bond acceptors (Lipinski definition) is 5. The molecule has 6 nitrogen and oxygen atoms in total. The molecule has 1 aliphatic heterocycles. The van der Waals surface area contributed by atoms with E-state index in [4.69, 9.17) is 0 Å². The molecule has 3 aromatic rings. The average Bonchev–Trinajstić information content (AvgIpc) is 3.06. The number of halogens is 1. The Kier molecular flexibility index (Phi) is 5.96. The summed E-state index contributed by atoms with van der Waals surface area (Å²) in [6.07, 6.45) is 3.23. The molecular formula is C26H24FN3O3. The van der Waals surface area contributed by atoms with E-state index in [0.29, 0.717) is 11.1 Å². The number of benzene rings is 2. The maximum Gasteiger partial charge on any atom is 0.295 e. The van der Waals surface area contributed by atoms with Crippen LogP contribution in [-0.4, -0.2) is 40.8 Å². The number of rotatable bonds is 5. The molecule has 0 aliphatic carbocycles. The topological polar surface area (TPSA) is 73.7 Å². The van der Waals surface area contributed by atoms with Crippen molar-refractivity contribution in [2.24, 2.45) is 0 Å². The first kappa shape index (κ1) is 22.2. The lowest BCUT2D eigenvalue weighted by molar-refractivity contribution is -0.140. The van der Waals surface area contributed by atoms with Crippen molar-refractivity contribution in [2.45, 2.75) is 19.5 Å². The molecule has 2 heterocycles. The summed E-state index contributed by atoms with van der Waals surface area (Å²) in [5, 5.41) is 11.1. The Morgan fingerprint density at radius 2 is 1.73 bits per heavy atom. The second kappa shape index (κ2) is 8.86. The fourth-order valence-electron chi connectivity index (χ4n) is 3.92. The summed E-state index contributed by atoms with van der Waals surface area (Å²) in [5.74, 6) is -2.42. The fourth-order valence-corrected chi connectivity index (χ4v) is 3.92. The Labute approximate surface area is 191 Å². The Balaban J connectivity index is 1.86. The lowest BCUT2D eigenvalue weighted by Gasteiger charge is -2.26. The van der Waals surface area contributed by atoms with Crippen molar-refractivity contribution in [1.82, 2.24) is 9.88 Å². The van der Waals surface area contributed by atoms with E-state index in [1.54, 1.807) is 31.5 Å². The molecule has 1 N–H and O–H groups in total. The molecule has 2 aromatic carbocycles. The Morgan fingerprint density at radius 1 is 1.06 bits per heavy atom. The van der Waals surface area contributed by atoms with Gasteiger partial charge in [-0.2, -0.15) is 0 Å². The minimum absolute atomic E-state index is 0.0603. The van der Waals surface area contributed by atoms with Crippen molar-refractivity contribution in [3.05, 3.63) is 101 Å². The van der Waals surface area contributed by atoms with E-state index < -0.39 is 29.3 Å². The van der Waals surface area contributed by atoms with Gasteiger partial charge in [0.2, 0.25) is 0 Å². The molecule has 1 amide bonds. The summed E-state index contributed by atoms with van der Waals surface area (Å²) in [4.78, 5) is 33.5. The van der Waals surface area contributed by atoms with Crippen LogP contribution in [0, 0.1) is 12.7 Å². The highest BCUT2D eigenvalue weighted by atomic mass is 19.1. The number of aryl methyl sites for hydroxylation is 1. The molecule has 1 atom stereocenters. The number of likely N-dealkylation sites (tertiary alicyclic amines) is 1. The fraction of sp³-hybridized carbons (Fsp3) is 0.192. The first-order valence-electron chi connectivity index (χ1n) is 10.5. The van der Waals surface area contributed by atoms with Gasteiger partial charge in [0, 0.05) is 44.3 Å². The number of carbonyl (C=O) groups excluding carboxylic acids is 2. The third-order valence-electron chi connectivity index (χ3n) is 5.81. The van der Waals surface area contributed by atoms with E-state index >= 15 is 0 Å². The van der Waals surface area contributed by atoms with E-state index in [0.717, 1.165) is 11.3 Å². The molecule has 0 spiro atoms. The predicted molar refractivity (Wildman–Crippen MR) is 124 cm³/mol. The summed E-state index contributed by atoms with van der Waals surface area (Å²) < 4.78 is 14.2. The molecule has 0 saturated carbocycles. The second-order valence-electron chi connectivity index (χ2n) is 8.23. The number of ketones is 1. The normalized spacial score (nSPS) is 17.5. The molecule has 7 heteroatoms. The van der Waals surface area contributed by atoms with Crippen molar-refractivity contribution in [2.75, 3.05) is 19.0 Å². The van der Waals surface area contributed by atoms with Crippen LogP contribution in [0.3, 0.4) is 0 Å². The van der Waals surface area contributed by atoms with Crippen LogP contribution < -0.4 is 4.90 Å². The summed E-state index contributed by atoms with van der Waals surface area (Å²) in [6.45, 7) is 1.77. The number of aromatic nitrogens is 1. The number of pyridine rings is 1. The summed E-state index contributed by atoms with van der Waals surface area (Å²) in [6, 6.07) is 14.4. The number of aliphatic hydroxyl groups is 1. The van der Waals surface area contributed by atoms with Crippen molar-refractivity contribution in [3.8, 4) is 0 Å². The smallest absolute Gasteiger partial charge is 0.295 e. The number of aliphatic hydroxyl groups excluding tert-OH is 1. The van der Waals surface area contributed by atoms with Crippen LogP contribution >= 0.6 is 0 Å². The molecular weight excluding hydrogens is 421 g/mol. The van der Waals surface area contributed by atoms with Crippen LogP contribution in [0.25, 0.3) is 5.76 Å². The molecule has 4 rings (SSSR count). The summed E-state index contributed by atoms with van der Waals surface area (Å²) >= 11 is 0. The maximum atomic E-state index is 14.2. The zero-order valence-corrected chi connectivity index (χ0v) is 18.6. The van der Waals surface area contributed by atoms with Crippen molar-refractivity contribution < 1.29 is 19.1 Å². The number of anilines is 1. The average molecular weight is 445 g/mol. The SMILES string of the molecule is Cc1ccc(/C(O)=C2\C(=O)C(=O)N(Cc3ccncc3)C2c2ccc(N(C)C)cc2)cc1F. The molecule has 1 aromatic heterocycles. The number of nitrogens with zero attached hydrogens (tertiary/aromatic N) is 3. The highest BCUT2D eigenvalue weighted by Crippen LogP contribution is 2.40. The van der Waals surface area contributed by atoms with Crippen LogP contribution in [0.4, 0.5) is 10.1 Å². The Bertz CT molecular complexity index is 1240. The van der Waals surface area contributed by atoms with Gasteiger partial charge in [-0.3, -0.25) is 14.6 Å². The number of amides is 1. The molecule has 1 aliphatic rings. The van der Waals surface area contributed by atoms with Gasteiger partial charge in [-0.15, -0.1) is 0 Å². The van der Waals surface area contributed by atoms with Gasteiger partial charge in [0.05, 0.1) is 11.6 Å². The van der Waals surface area contributed by atoms with Gasteiger partial charge < -0.3 is 14.9 Å². The maximum absolute atomic E-state index is 14.2. The van der Waals surface area contributed by atoms with Crippen LogP contribution in [-0.2, 0) is 16.1 Å². The standard InChI is InChI=1S/C26H24FN3O3/c1-16-4-5-19(14-21(16)27)24(31)22-23(18-6-8-20(9-7-18)29(2)3)30(26(33)25(22)32)15-17-10-12-28-13-11-17/h4-14,23,31H,15H2,1-3H3/b24-22+. The zero-order valence-electron chi connectivity index (χ0n) is 18.6. The number of Topliss-reactive ketones (excluding diaryl/α,β-unsaturated/α-hetero) is 1. The van der Waals surface area contributed by atoms with E-state index in [9.17, 15) is 19.1 Å². The molecule has 168 valence electrons. The van der Waals surface area contributed by atoms with Crippen LogP contribution in [0.1, 0.15) is 28.3 Å². The zero-order chi connectivity index (χ0) is 23.7. The lowest BCUT2D eigenvalue weighted by Crippen LogP contribution is -2.29. The molecule has 33 heavy (non-hydrogen) atoms. The molecule has 0 bridgehead atoms. The third-order valence-corrected chi connectivity index (χ3v) is 5.81. The van der Waals surface area contributed by atoms with Gasteiger partial charge in [0.25, 0.3) is 11.7 Å². The summed E-state index contributed by atoms with van der Waals surface area (Å²) in [7, 11) is 3.83. The van der Waals surface area contributed by atoms with Gasteiger partial charge >= 0.3 is 0 Å². The minimum Gasteiger partial charge on any atom is -0.507 e.